The molecule has 0 aromatic rings. The monoisotopic (exact) mass is 1060 g/mol. The molecular weight excluding hydrogens is 948 g/mol. The highest BCUT2D eigenvalue weighted by Gasteiger charge is 2.23. The van der Waals surface area contributed by atoms with E-state index in [0.29, 0.717) is 17.4 Å². The zero-order valence-electron chi connectivity index (χ0n) is 49.2. The molecule has 0 saturated carbocycles. The fraction of sp³-hybridized carbons (Fsp3) is 0.712. The molecule has 0 aliphatic heterocycles. The van der Waals surface area contributed by atoms with Crippen molar-refractivity contribution in [2.24, 2.45) is 0 Å². The number of phosphoric ester groups is 1. The van der Waals surface area contributed by atoms with E-state index in [0.717, 1.165) is 83.5 Å². The van der Waals surface area contributed by atoms with Crippen LogP contribution in [0.2, 0.25) is 0 Å². The first kappa shape index (κ1) is 72.2. The van der Waals surface area contributed by atoms with Gasteiger partial charge in [0.25, 0.3) is 7.82 Å². The molecule has 8 nitrogen and oxygen atoms in total. The number of quaternary nitrogens is 1. The van der Waals surface area contributed by atoms with E-state index in [4.69, 9.17) is 9.05 Å². The Kier molecular flexibility index (Phi) is 53.8. The molecule has 9 heteroatoms. The number of nitrogens with one attached hydrogen (secondary N) is 1. The van der Waals surface area contributed by atoms with Crippen molar-refractivity contribution in [3.05, 3.63) is 109 Å². The van der Waals surface area contributed by atoms with Gasteiger partial charge in [-0.3, -0.25) is 9.36 Å². The maximum Gasteiger partial charge on any atom is 0.268 e. The van der Waals surface area contributed by atoms with Crippen molar-refractivity contribution < 1.29 is 32.9 Å². The highest BCUT2D eigenvalue weighted by atomic mass is 31.2. The van der Waals surface area contributed by atoms with Gasteiger partial charge < -0.3 is 28.8 Å². The summed E-state index contributed by atoms with van der Waals surface area (Å²) in [5, 5.41) is 13.9. The highest BCUT2D eigenvalue weighted by Crippen LogP contribution is 2.38. The van der Waals surface area contributed by atoms with E-state index in [9.17, 15) is 19.4 Å². The van der Waals surface area contributed by atoms with Gasteiger partial charge in [-0.1, -0.05) is 258 Å². The van der Waals surface area contributed by atoms with E-state index >= 15 is 0 Å². The number of hydrogen-bond donors (Lipinski definition) is 2. The average Bonchev–Trinajstić information content (AvgIpc) is 3.37. The van der Waals surface area contributed by atoms with Gasteiger partial charge in [-0.25, -0.2) is 0 Å². The van der Waals surface area contributed by atoms with Crippen LogP contribution >= 0.6 is 7.82 Å². The van der Waals surface area contributed by atoms with Gasteiger partial charge in [-0.05, 0) is 96.3 Å². The van der Waals surface area contributed by atoms with Crippen molar-refractivity contribution in [3.63, 3.8) is 0 Å². The van der Waals surface area contributed by atoms with Gasteiger partial charge in [0.15, 0.2) is 0 Å². The molecule has 3 atom stereocenters. The zero-order chi connectivity index (χ0) is 54.9. The smallest absolute Gasteiger partial charge is 0.268 e. The number of unbranched alkanes of at least 4 members (excludes halogenated alkanes) is 26. The van der Waals surface area contributed by atoms with Gasteiger partial charge >= 0.3 is 0 Å². The number of rotatable bonds is 55. The molecule has 0 saturated heterocycles. The number of aliphatic hydroxyl groups is 1. The number of carbonyl (C=O) groups is 1. The van der Waals surface area contributed by atoms with Gasteiger partial charge in [0.1, 0.15) is 13.2 Å². The standard InChI is InChI=1S/C66H117N2O6P/c1-6-8-10-12-14-16-18-20-22-24-26-28-29-30-31-32-33-34-35-36-37-38-39-40-42-44-46-48-50-52-54-56-58-60-66(70)67-64(63-74-75(71,72)73-62-61-68(3,4)5)65(69)59-57-55-53-51-49-47-45-43-41-27-25-23-21-19-17-15-13-11-9-7-2/h8,10,14,16,20,22,26,28,30-31,33-34,41,43,49,51,57,59,64-65,69H,6-7,9,11-13,15,17-19,21,23-25,27,29,32,35-40,42,44-48,50,52-56,58,60-63H2,1-5H3,(H-,67,70,71,72)/b10-8-,16-14-,22-20-,28-26-,31-30-,34-33-,43-41+,51-49+,59-57+. The fourth-order valence-corrected chi connectivity index (χ4v) is 9.15. The van der Waals surface area contributed by atoms with Crippen LogP contribution in [0.3, 0.4) is 0 Å². The van der Waals surface area contributed by atoms with Crippen molar-refractivity contribution in [2.75, 3.05) is 40.9 Å². The number of amides is 1. The SMILES string of the molecule is CC/C=C\C/C=C\C/C=C\C/C=C\C/C=C\C/C=C\CCCCCCCCCCCCCCCCC(=O)NC(COP(=O)([O-])OCC[N+](C)(C)C)C(O)/C=C/CC/C=C/CC/C=C/CCCCCCCCCCCC. The first-order valence-corrected chi connectivity index (χ1v) is 32.2. The lowest BCUT2D eigenvalue weighted by Crippen LogP contribution is -2.45. The second-order valence-electron chi connectivity index (χ2n) is 21.7. The number of nitrogens with zero attached hydrogens (tertiary/aromatic N) is 1. The Morgan fingerprint density at radius 2 is 0.827 bits per heavy atom. The van der Waals surface area contributed by atoms with Crippen molar-refractivity contribution in [1.29, 1.82) is 0 Å². The number of aliphatic hydroxyl groups excluding tert-OH is 1. The largest absolute Gasteiger partial charge is 0.756 e. The number of hydrogen-bond acceptors (Lipinski definition) is 6. The van der Waals surface area contributed by atoms with Crippen LogP contribution in [0.15, 0.2) is 109 Å². The van der Waals surface area contributed by atoms with E-state index in [1.807, 2.05) is 27.2 Å². The Hall–Kier alpha value is -2.84. The average molecular weight is 1070 g/mol. The Bertz CT molecular complexity index is 1590. The van der Waals surface area contributed by atoms with Crippen LogP contribution in [0.5, 0.6) is 0 Å². The summed E-state index contributed by atoms with van der Waals surface area (Å²) in [4.78, 5) is 25.5. The number of allylic oxidation sites excluding steroid dienone is 17. The molecule has 0 aliphatic carbocycles. The molecule has 0 aromatic heterocycles. The predicted molar refractivity (Wildman–Crippen MR) is 325 cm³/mol. The summed E-state index contributed by atoms with van der Waals surface area (Å²) in [7, 11) is 1.23. The predicted octanol–water partition coefficient (Wildman–Crippen LogP) is 18.5. The number of phosphoric acid groups is 1. The molecule has 0 fully saturated rings. The fourth-order valence-electron chi connectivity index (χ4n) is 8.42. The first-order valence-electron chi connectivity index (χ1n) is 30.7. The lowest BCUT2D eigenvalue weighted by atomic mass is 10.0. The van der Waals surface area contributed by atoms with Crippen molar-refractivity contribution in [2.45, 2.75) is 264 Å². The van der Waals surface area contributed by atoms with Gasteiger partial charge in [-0.15, -0.1) is 0 Å². The van der Waals surface area contributed by atoms with Crippen LogP contribution in [0, 0.1) is 0 Å². The van der Waals surface area contributed by atoms with Crippen molar-refractivity contribution >= 4 is 13.7 Å². The third kappa shape index (κ3) is 58.7. The zero-order valence-corrected chi connectivity index (χ0v) is 50.1. The Balaban J connectivity index is 4.19. The molecule has 75 heavy (non-hydrogen) atoms. The Morgan fingerprint density at radius 1 is 0.480 bits per heavy atom. The van der Waals surface area contributed by atoms with Crippen LogP contribution in [0.4, 0.5) is 0 Å². The molecule has 0 aliphatic rings. The molecule has 0 bridgehead atoms. The van der Waals surface area contributed by atoms with Crippen molar-refractivity contribution in [3.8, 4) is 0 Å². The lowest BCUT2D eigenvalue weighted by molar-refractivity contribution is -0.870. The topological polar surface area (TPSA) is 108 Å². The molecule has 432 valence electrons. The van der Waals surface area contributed by atoms with Gasteiger partial charge in [0.05, 0.1) is 39.9 Å². The highest BCUT2D eigenvalue weighted by molar-refractivity contribution is 7.45. The van der Waals surface area contributed by atoms with E-state index in [2.05, 4.69) is 116 Å². The summed E-state index contributed by atoms with van der Waals surface area (Å²) < 4.78 is 23.4. The third-order valence-electron chi connectivity index (χ3n) is 13.2. The number of likely N-dealkylation sites (N-methyl/N-ethyl adjacent to an activating group) is 1. The summed E-state index contributed by atoms with van der Waals surface area (Å²) in [6.07, 6.45) is 81.8. The molecule has 0 heterocycles. The van der Waals surface area contributed by atoms with Crippen LogP contribution in [0.25, 0.3) is 0 Å². The quantitative estimate of drug-likeness (QED) is 0.0272. The normalized spacial score (nSPS) is 14.6. The van der Waals surface area contributed by atoms with Gasteiger partial charge in [-0.2, -0.15) is 0 Å². The van der Waals surface area contributed by atoms with E-state index in [1.54, 1.807) is 6.08 Å². The lowest BCUT2D eigenvalue weighted by Gasteiger charge is -2.29. The van der Waals surface area contributed by atoms with E-state index in [1.165, 1.54) is 148 Å². The second kappa shape index (κ2) is 55.9. The maximum absolute atomic E-state index is 13.0. The molecule has 2 N–H and O–H groups in total. The summed E-state index contributed by atoms with van der Waals surface area (Å²) in [6, 6.07) is -0.917. The first-order chi connectivity index (χ1) is 36.5. The summed E-state index contributed by atoms with van der Waals surface area (Å²) >= 11 is 0. The van der Waals surface area contributed by atoms with Crippen LogP contribution < -0.4 is 10.2 Å². The second-order valence-corrected chi connectivity index (χ2v) is 23.1. The Labute approximate surface area is 463 Å². The molecule has 0 rings (SSSR count). The minimum absolute atomic E-state index is 0.0132. The van der Waals surface area contributed by atoms with Gasteiger partial charge in [0, 0.05) is 6.42 Å². The molecule has 0 spiro atoms. The summed E-state index contributed by atoms with van der Waals surface area (Å²) in [6.45, 7) is 4.51. The Morgan fingerprint density at radius 3 is 1.24 bits per heavy atom. The van der Waals surface area contributed by atoms with Crippen molar-refractivity contribution in [1.82, 2.24) is 5.32 Å². The molecule has 1 amide bonds. The molecule has 0 radical (unpaired) electrons. The third-order valence-corrected chi connectivity index (χ3v) is 14.2. The minimum atomic E-state index is -4.62. The van der Waals surface area contributed by atoms with E-state index in [-0.39, 0.29) is 12.5 Å². The minimum Gasteiger partial charge on any atom is -0.756 e. The summed E-state index contributed by atoms with van der Waals surface area (Å²) in [5.41, 5.74) is 0. The molecule has 3 unspecified atom stereocenters. The van der Waals surface area contributed by atoms with Crippen LogP contribution in [0.1, 0.15) is 251 Å². The number of carbonyl (C=O) groups excluding carboxylic acids is 1. The van der Waals surface area contributed by atoms with E-state index < -0.39 is 26.6 Å². The molecular formula is C66H117N2O6P. The molecule has 0 aromatic carbocycles. The summed E-state index contributed by atoms with van der Waals surface area (Å²) in [5.74, 6) is -0.215. The van der Waals surface area contributed by atoms with Crippen LogP contribution in [-0.4, -0.2) is 68.5 Å². The van der Waals surface area contributed by atoms with Gasteiger partial charge in [0.2, 0.25) is 5.91 Å². The maximum atomic E-state index is 13.0. The van der Waals surface area contributed by atoms with Crippen LogP contribution in [-0.2, 0) is 18.4 Å².